The molecule has 0 spiro atoms. The van der Waals surface area contributed by atoms with Gasteiger partial charge in [0.1, 0.15) is 5.60 Å². The lowest BCUT2D eigenvalue weighted by Crippen LogP contribution is -2.55. The minimum absolute atomic E-state index is 0.252. The van der Waals surface area contributed by atoms with Crippen LogP contribution >= 0.6 is 0 Å². The summed E-state index contributed by atoms with van der Waals surface area (Å²) in [6, 6.07) is 1.35. The molecule has 2 aliphatic rings. The van der Waals surface area contributed by atoms with Gasteiger partial charge in [-0.3, -0.25) is 0 Å². The van der Waals surface area contributed by atoms with Gasteiger partial charge in [-0.2, -0.15) is 0 Å². The summed E-state index contributed by atoms with van der Waals surface area (Å²) in [4.78, 5) is 11.6. The standard InChI is InChI=1S/C15H28N2O3/c1-15(2,3)20-14(18)17-12-7-11(8-12)16-10-5-6-13(9-10)19-4/h10-13,16H,5-9H2,1-4H3,(H,17,18). The minimum Gasteiger partial charge on any atom is -0.444 e. The van der Waals surface area contributed by atoms with E-state index in [4.69, 9.17) is 9.47 Å². The van der Waals surface area contributed by atoms with E-state index in [1.165, 1.54) is 6.42 Å². The van der Waals surface area contributed by atoms with Crippen LogP contribution in [-0.4, -0.2) is 43.0 Å². The number of hydrogen-bond donors (Lipinski definition) is 2. The highest BCUT2D eigenvalue weighted by Crippen LogP contribution is 2.26. The first-order chi connectivity index (χ1) is 9.35. The molecule has 2 saturated carbocycles. The van der Waals surface area contributed by atoms with E-state index < -0.39 is 5.60 Å². The molecule has 0 aliphatic heterocycles. The Labute approximate surface area is 121 Å². The minimum atomic E-state index is -0.426. The van der Waals surface area contributed by atoms with Crippen molar-refractivity contribution in [2.24, 2.45) is 0 Å². The molecular formula is C15H28N2O3. The van der Waals surface area contributed by atoms with Crippen molar-refractivity contribution < 1.29 is 14.3 Å². The molecule has 2 fully saturated rings. The van der Waals surface area contributed by atoms with Crippen LogP contribution in [0.4, 0.5) is 4.79 Å². The summed E-state index contributed by atoms with van der Waals surface area (Å²) in [5, 5.41) is 6.58. The van der Waals surface area contributed by atoms with Crippen LogP contribution in [-0.2, 0) is 9.47 Å². The molecule has 0 heterocycles. The highest BCUT2D eigenvalue weighted by Gasteiger charge is 2.34. The van der Waals surface area contributed by atoms with Gasteiger partial charge in [-0.1, -0.05) is 0 Å². The van der Waals surface area contributed by atoms with Gasteiger partial charge >= 0.3 is 6.09 Å². The van der Waals surface area contributed by atoms with Crippen molar-refractivity contribution in [3.05, 3.63) is 0 Å². The van der Waals surface area contributed by atoms with Crippen LogP contribution in [0.15, 0.2) is 0 Å². The van der Waals surface area contributed by atoms with E-state index in [1.807, 2.05) is 20.8 Å². The number of ether oxygens (including phenoxy) is 2. The summed E-state index contributed by atoms with van der Waals surface area (Å²) in [5.41, 5.74) is -0.426. The summed E-state index contributed by atoms with van der Waals surface area (Å²) < 4.78 is 10.6. The van der Waals surface area contributed by atoms with Crippen LogP contribution in [0.1, 0.15) is 52.9 Å². The van der Waals surface area contributed by atoms with Crippen LogP contribution in [0.25, 0.3) is 0 Å². The third kappa shape index (κ3) is 4.63. The zero-order chi connectivity index (χ0) is 14.8. The first-order valence-electron chi connectivity index (χ1n) is 7.64. The number of hydrogen-bond acceptors (Lipinski definition) is 4. The van der Waals surface area contributed by atoms with Crippen LogP contribution in [0.2, 0.25) is 0 Å². The molecule has 2 rings (SSSR count). The number of amides is 1. The zero-order valence-electron chi connectivity index (χ0n) is 13.1. The predicted octanol–water partition coefficient (Wildman–Crippen LogP) is 2.20. The number of nitrogens with one attached hydrogen (secondary N) is 2. The average Bonchev–Trinajstić information content (AvgIpc) is 2.71. The van der Waals surface area contributed by atoms with Gasteiger partial charge in [0.2, 0.25) is 0 Å². The van der Waals surface area contributed by atoms with E-state index in [0.717, 1.165) is 25.7 Å². The number of rotatable bonds is 4. The van der Waals surface area contributed by atoms with E-state index in [2.05, 4.69) is 10.6 Å². The van der Waals surface area contributed by atoms with Crippen molar-refractivity contribution in [3.63, 3.8) is 0 Å². The number of carbonyl (C=O) groups excluding carboxylic acids is 1. The van der Waals surface area contributed by atoms with E-state index in [0.29, 0.717) is 18.2 Å². The Hall–Kier alpha value is -0.810. The molecule has 2 unspecified atom stereocenters. The normalized spacial score (nSPS) is 33.6. The molecule has 1 amide bonds. The molecule has 0 saturated heterocycles. The number of methoxy groups -OCH3 is 1. The molecule has 116 valence electrons. The summed E-state index contributed by atoms with van der Waals surface area (Å²) in [6.45, 7) is 5.64. The Morgan fingerprint density at radius 1 is 1.05 bits per heavy atom. The highest BCUT2D eigenvalue weighted by atomic mass is 16.6. The summed E-state index contributed by atoms with van der Waals surface area (Å²) >= 11 is 0. The Kier molecular flexibility index (Phi) is 4.91. The quantitative estimate of drug-likeness (QED) is 0.831. The third-order valence-corrected chi connectivity index (χ3v) is 4.05. The van der Waals surface area contributed by atoms with Gasteiger partial charge in [0.15, 0.2) is 0 Å². The van der Waals surface area contributed by atoms with Crippen LogP contribution in [0.3, 0.4) is 0 Å². The first-order valence-corrected chi connectivity index (χ1v) is 7.64. The van der Waals surface area contributed by atoms with E-state index in [1.54, 1.807) is 7.11 Å². The molecule has 0 aromatic carbocycles. The lowest BCUT2D eigenvalue weighted by molar-refractivity contribution is 0.0462. The SMILES string of the molecule is COC1CCC(NC2CC(NC(=O)OC(C)(C)C)C2)C1. The van der Waals surface area contributed by atoms with Crippen molar-refractivity contribution in [1.29, 1.82) is 0 Å². The van der Waals surface area contributed by atoms with Gasteiger partial charge in [-0.25, -0.2) is 4.79 Å². The Morgan fingerprint density at radius 2 is 1.75 bits per heavy atom. The second-order valence-corrected chi connectivity index (χ2v) is 7.05. The predicted molar refractivity (Wildman–Crippen MR) is 77.8 cm³/mol. The molecule has 2 N–H and O–H groups in total. The number of carbonyl (C=O) groups is 1. The van der Waals surface area contributed by atoms with Crippen molar-refractivity contribution in [3.8, 4) is 0 Å². The molecule has 20 heavy (non-hydrogen) atoms. The largest absolute Gasteiger partial charge is 0.444 e. The maximum atomic E-state index is 11.6. The molecule has 5 heteroatoms. The van der Waals surface area contributed by atoms with E-state index in [-0.39, 0.29) is 12.1 Å². The monoisotopic (exact) mass is 284 g/mol. The van der Waals surface area contributed by atoms with Crippen LogP contribution in [0, 0.1) is 0 Å². The first kappa shape index (κ1) is 15.6. The molecule has 0 aromatic heterocycles. The molecular weight excluding hydrogens is 256 g/mol. The third-order valence-electron chi connectivity index (χ3n) is 4.05. The summed E-state index contributed by atoms with van der Waals surface area (Å²) in [6.07, 6.45) is 5.56. The molecule has 0 bridgehead atoms. The fourth-order valence-electron chi connectivity index (χ4n) is 2.98. The van der Waals surface area contributed by atoms with E-state index >= 15 is 0 Å². The van der Waals surface area contributed by atoms with Crippen molar-refractivity contribution in [2.75, 3.05) is 7.11 Å². The second-order valence-electron chi connectivity index (χ2n) is 7.05. The Balaban J connectivity index is 1.59. The van der Waals surface area contributed by atoms with Crippen LogP contribution in [0.5, 0.6) is 0 Å². The average molecular weight is 284 g/mol. The van der Waals surface area contributed by atoms with Crippen molar-refractivity contribution in [2.45, 2.75) is 82.7 Å². The van der Waals surface area contributed by atoms with Crippen LogP contribution < -0.4 is 10.6 Å². The maximum absolute atomic E-state index is 11.6. The van der Waals surface area contributed by atoms with Crippen molar-refractivity contribution >= 4 is 6.09 Å². The van der Waals surface area contributed by atoms with Gasteiger partial charge < -0.3 is 20.1 Å². The topological polar surface area (TPSA) is 59.6 Å². The maximum Gasteiger partial charge on any atom is 0.407 e. The summed E-state index contributed by atoms with van der Waals surface area (Å²) in [5.74, 6) is 0. The highest BCUT2D eigenvalue weighted by molar-refractivity contribution is 5.68. The molecule has 0 aromatic rings. The molecule has 5 nitrogen and oxygen atoms in total. The van der Waals surface area contributed by atoms with Gasteiger partial charge in [0.05, 0.1) is 6.10 Å². The van der Waals surface area contributed by atoms with Crippen molar-refractivity contribution in [1.82, 2.24) is 10.6 Å². The summed E-state index contributed by atoms with van der Waals surface area (Å²) in [7, 11) is 1.79. The van der Waals surface area contributed by atoms with Gasteiger partial charge in [0, 0.05) is 25.2 Å². The lowest BCUT2D eigenvalue weighted by atomic mass is 9.86. The van der Waals surface area contributed by atoms with Gasteiger partial charge in [-0.15, -0.1) is 0 Å². The fraction of sp³-hybridized carbons (Fsp3) is 0.933. The molecule has 2 aliphatic carbocycles. The molecule has 2 atom stereocenters. The zero-order valence-corrected chi connectivity index (χ0v) is 13.1. The fourth-order valence-corrected chi connectivity index (χ4v) is 2.98. The lowest BCUT2D eigenvalue weighted by Gasteiger charge is -2.38. The smallest absolute Gasteiger partial charge is 0.407 e. The number of alkyl carbamates (subject to hydrolysis) is 1. The van der Waals surface area contributed by atoms with E-state index in [9.17, 15) is 4.79 Å². The van der Waals surface area contributed by atoms with Gasteiger partial charge in [0.25, 0.3) is 0 Å². The van der Waals surface area contributed by atoms with Gasteiger partial charge in [-0.05, 0) is 52.9 Å². The Morgan fingerprint density at radius 3 is 2.30 bits per heavy atom. The molecule has 0 radical (unpaired) electrons. The second kappa shape index (κ2) is 6.31. The Bertz CT molecular complexity index is 335.